The number of amides is 1. The number of carboxylic acids is 1. The summed E-state index contributed by atoms with van der Waals surface area (Å²) in [4.78, 5) is 38.5. The maximum Gasteiger partial charge on any atom is 0.335 e. The lowest BCUT2D eigenvalue weighted by Gasteiger charge is -2.23. The number of Topliss-reactive ketones (excluding diaryl/α,β-unsaturated/α-hetero) is 1. The molecule has 2 aliphatic heterocycles. The fourth-order valence-corrected chi connectivity index (χ4v) is 4.08. The third-order valence-corrected chi connectivity index (χ3v) is 5.72. The molecule has 0 bridgehead atoms. The molecule has 0 aliphatic carbocycles. The van der Waals surface area contributed by atoms with E-state index in [1.54, 1.807) is 42.5 Å². The standard InChI is InChI=1S/C25H19NO8/c27-22(16-7-8-17-19(12-16)34-11-10-33-17)20-21(18-2-1-9-32-18)26(24(29)23(20)28)13-14-3-5-15(6-4-14)25(30)31/h1-9,12,21,27H,10-11,13H2,(H,30,31)/b22-20-. The fraction of sp³-hybridized carbons (Fsp3) is 0.160. The second-order valence-electron chi connectivity index (χ2n) is 7.80. The van der Waals surface area contributed by atoms with Crippen molar-refractivity contribution in [1.82, 2.24) is 4.90 Å². The molecule has 172 valence electrons. The van der Waals surface area contributed by atoms with Gasteiger partial charge in [-0.05, 0) is 48.0 Å². The Bertz CT molecular complexity index is 1310. The van der Waals surface area contributed by atoms with Crippen LogP contribution in [0.5, 0.6) is 11.5 Å². The van der Waals surface area contributed by atoms with E-state index in [1.165, 1.54) is 23.3 Å². The minimum absolute atomic E-state index is 0.00770. The number of carbonyl (C=O) groups excluding carboxylic acids is 2. The zero-order valence-corrected chi connectivity index (χ0v) is 17.8. The number of aliphatic hydroxyl groups excluding tert-OH is 1. The Morgan fingerprint density at radius 2 is 1.65 bits per heavy atom. The van der Waals surface area contributed by atoms with E-state index in [-0.39, 0.29) is 23.4 Å². The summed E-state index contributed by atoms with van der Waals surface area (Å²) >= 11 is 0. The van der Waals surface area contributed by atoms with Crippen molar-refractivity contribution >= 4 is 23.4 Å². The predicted molar refractivity (Wildman–Crippen MR) is 117 cm³/mol. The SMILES string of the molecule is O=C1C(=O)N(Cc2ccc(C(=O)O)cc2)C(c2ccco2)/C1=C(/O)c1ccc2c(c1)OCCO2. The van der Waals surface area contributed by atoms with Crippen molar-refractivity contribution in [1.29, 1.82) is 0 Å². The molecule has 5 rings (SSSR count). The van der Waals surface area contributed by atoms with Gasteiger partial charge in [-0.2, -0.15) is 0 Å². The largest absolute Gasteiger partial charge is 0.507 e. The highest BCUT2D eigenvalue weighted by Gasteiger charge is 2.47. The van der Waals surface area contributed by atoms with Crippen LogP contribution in [-0.2, 0) is 16.1 Å². The normalized spacial score (nSPS) is 18.8. The topological polar surface area (TPSA) is 127 Å². The highest BCUT2D eigenvalue weighted by atomic mass is 16.6. The number of aromatic carboxylic acids is 1. The van der Waals surface area contributed by atoms with Gasteiger partial charge in [-0.25, -0.2) is 4.79 Å². The van der Waals surface area contributed by atoms with Gasteiger partial charge in [0.2, 0.25) is 0 Å². The number of rotatable bonds is 5. The van der Waals surface area contributed by atoms with Gasteiger partial charge < -0.3 is 29.0 Å². The summed E-state index contributed by atoms with van der Waals surface area (Å²) in [5.41, 5.74) is 0.901. The maximum absolute atomic E-state index is 13.1. The average Bonchev–Trinajstić information content (AvgIpc) is 3.46. The zero-order chi connectivity index (χ0) is 23.8. The van der Waals surface area contributed by atoms with E-state index < -0.39 is 23.7 Å². The van der Waals surface area contributed by atoms with Crippen LogP contribution in [0.2, 0.25) is 0 Å². The number of carboxylic acid groups (broad SMARTS) is 1. The molecular formula is C25H19NO8. The number of nitrogens with zero attached hydrogens (tertiary/aromatic N) is 1. The van der Waals surface area contributed by atoms with Crippen LogP contribution >= 0.6 is 0 Å². The molecular weight excluding hydrogens is 442 g/mol. The third-order valence-electron chi connectivity index (χ3n) is 5.72. The zero-order valence-electron chi connectivity index (χ0n) is 17.8. The number of carbonyl (C=O) groups is 3. The Hall–Kier alpha value is -4.53. The van der Waals surface area contributed by atoms with E-state index >= 15 is 0 Å². The van der Waals surface area contributed by atoms with Gasteiger partial charge in [0.1, 0.15) is 30.8 Å². The summed E-state index contributed by atoms with van der Waals surface area (Å²) in [6.45, 7) is 0.776. The summed E-state index contributed by atoms with van der Waals surface area (Å²) in [5, 5.41) is 20.2. The lowest BCUT2D eigenvalue weighted by Crippen LogP contribution is -2.29. The van der Waals surface area contributed by atoms with Crippen LogP contribution in [0.4, 0.5) is 0 Å². The van der Waals surface area contributed by atoms with Crippen molar-refractivity contribution in [2.75, 3.05) is 13.2 Å². The minimum atomic E-state index is -1.07. The first-order valence-electron chi connectivity index (χ1n) is 10.5. The average molecular weight is 461 g/mol. The molecule has 2 aromatic carbocycles. The molecule has 0 saturated carbocycles. The molecule has 1 saturated heterocycles. The summed E-state index contributed by atoms with van der Waals surface area (Å²) in [5.74, 6) is -1.82. The van der Waals surface area contributed by atoms with Gasteiger partial charge in [-0.15, -0.1) is 0 Å². The van der Waals surface area contributed by atoms with Crippen molar-refractivity contribution in [3.63, 3.8) is 0 Å². The quantitative estimate of drug-likeness (QED) is 0.336. The Kier molecular flexibility index (Phi) is 5.29. The van der Waals surface area contributed by atoms with Crippen molar-refractivity contribution in [3.8, 4) is 11.5 Å². The Labute approximate surface area is 193 Å². The van der Waals surface area contributed by atoms with E-state index in [4.69, 9.17) is 19.0 Å². The molecule has 3 aromatic rings. The van der Waals surface area contributed by atoms with Crippen LogP contribution in [-0.4, -0.2) is 46.0 Å². The fourth-order valence-electron chi connectivity index (χ4n) is 4.08. The molecule has 3 heterocycles. The first-order chi connectivity index (χ1) is 16.4. The molecule has 0 radical (unpaired) electrons. The second kappa shape index (κ2) is 8.43. The number of hydrogen-bond donors (Lipinski definition) is 2. The highest BCUT2D eigenvalue weighted by Crippen LogP contribution is 2.41. The highest BCUT2D eigenvalue weighted by molar-refractivity contribution is 6.46. The van der Waals surface area contributed by atoms with Gasteiger partial charge in [-0.1, -0.05) is 12.1 Å². The van der Waals surface area contributed by atoms with Crippen LogP contribution < -0.4 is 9.47 Å². The van der Waals surface area contributed by atoms with Gasteiger partial charge in [-0.3, -0.25) is 9.59 Å². The first-order valence-corrected chi connectivity index (χ1v) is 10.5. The first kappa shape index (κ1) is 21.3. The molecule has 1 aromatic heterocycles. The van der Waals surface area contributed by atoms with E-state index in [2.05, 4.69) is 0 Å². The number of hydrogen-bond acceptors (Lipinski definition) is 7. The van der Waals surface area contributed by atoms with Crippen LogP contribution in [0.1, 0.15) is 33.3 Å². The number of furan rings is 1. The number of likely N-dealkylation sites (tertiary alicyclic amines) is 1. The number of aliphatic hydroxyl groups is 1. The molecule has 1 fully saturated rings. The Morgan fingerprint density at radius 3 is 2.32 bits per heavy atom. The second-order valence-corrected chi connectivity index (χ2v) is 7.80. The van der Waals surface area contributed by atoms with E-state index in [1.807, 2.05) is 0 Å². The van der Waals surface area contributed by atoms with E-state index in [0.717, 1.165) is 0 Å². The predicted octanol–water partition coefficient (Wildman–Crippen LogP) is 3.37. The molecule has 1 atom stereocenters. The van der Waals surface area contributed by atoms with Gasteiger partial charge in [0.25, 0.3) is 11.7 Å². The summed E-state index contributed by atoms with van der Waals surface area (Å²) in [7, 11) is 0. The molecule has 2 N–H and O–H groups in total. The number of ketones is 1. The van der Waals surface area contributed by atoms with Crippen molar-refractivity contribution in [3.05, 3.63) is 88.9 Å². The van der Waals surface area contributed by atoms with E-state index in [0.29, 0.717) is 41.6 Å². The van der Waals surface area contributed by atoms with Crippen LogP contribution in [0.15, 0.2) is 70.9 Å². The van der Waals surface area contributed by atoms with Crippen LogP contribution in [0.25, 0.3) is 5.76 Å². The van der Waals surface area contributed by atoms with E-state index in [9.17, 15) is 19.5 Å². The molecule has 0 spiro atoms. The van der Waals surface area contributed by atoms with Crippen LogP contribution in [0.3, 0.4) is 0 Å². The smallest absolute Gasteiger partial charge is 0.335 e. The van der Waals surface area contributed by atoms with Crippen molar-refractivity contribution in [2.45, 2.75) is 12.6 Å². The molecule has 9 heteroatoms. The Morgan fingerprint density at radius 1 is 0.941 bits per heavy atom. The summed E-state index contributed by atoms with van der Waals surface area (Å²) in [6.07, 6.45) is 1.42. The van der Waals surface area contributed by atoms with Crippen molar-refractivity contribution < 1.29 is 38.5 Å². The van der Waals surface area contributed by atoms with Gasteiger partial charge >= 0.3 is 5.97 Å². The Balaban J connectivity index is 1.56. The van der Waals surface area contributed by atoms with Crippen molar-refractivity contribution in [2.24, 2.45) is 0 Å². The molecule has 2 aliphatic rings. The van der Waals surface area contributed by atoms with Gasteiger partial charge in [0.05, 0.1) is 17.4 Å². The van der Waals surface area contributed by atoms with Gasteiger partial charge in [0.15, 0.2) is 11.5 Å². The summed E-state index contributed by atoms with van der Waals surface area (Å²) in [6, 6.07) is 13.0. The lowest BCUT2D eigenvalue weighted by molar-refractivity contribution is -0.140. The monoisotopic (exact) mass is 461 g/mol. The molecule has 1 unspecified atom stereocenters. The molecule has 9 nitrogen and oxygen atoms in total. The maximum atomic E-state index is 13.1. The number of ether oxygens (including phenoxy) is 2. The summed E-state index contributed by atoms with van der Waals surface area (Å²) < 4.78 is 16.6. The van der Waals surface area contributed by atoms with Gasteiger partial charge in [0, 0.05) is 12.1 Å². The number of fused-ring (bicyclic) bond motifs is 1. The van der Waals surface area contributed by atoms with Crippen LogP contribution in [0, 0.1) is 0 Å². The third kappa shape index (κ3) is 3.66. The molecule has 1 amide bonds. The number of benzene rings is 2. The lowest BCUT2D eigenvalue weighted by atomic mass is 9.99. The molecule has 34 heavy (non-hydrogen) atoms. The minimum Gasteiger partial charge on any atom is -0.507 e.